The first-order valence-electron chi connectivity index (χ1n) is 2.67. The SMILES string of the molecule is Cc1cn(CSS)c(=O)o1. The Hall–Kier alpha value is -0.290. The summed E-state index contributed by atoms with van der Waals surface area (Å²) in [5.74, 6) is 0.839. The van der Waals surface area contributed by atoms with Crippen LogP contribution in [0.15, 0.2) is 15.4 Å². The van der Waals surface area contributed by atoms with Gasteiger partial charge in [-0.05, 0) is 6.92 Å². The van der Waals surface area contributed by atoms with Crippen molar-refractivity contribution in [1.82, 2.24) is 4.57 Å². The van der Waals surface area contributed by atoms with E-state index in [1.54, 1.807) is 13.1 Å². The highest BCUT2D eigenvalue weighted by molar-refractivity contribution is 8.68. The van der Waals surface area contributed by atoms with Crippen molar-refractivity contribution < 1.29 is 4.42 Å². The highest BCUT2D eigenvalue weighted by Gasteiger charge is 1.99. The molecule has 56 valence electrons. The van der Waals surface area contributed by atoms with Crippen LogP contribution in [-0.2, 0) is 5.88 Å². The molecule has 0 N–H and O–H groups in total. The van der Waals surface area contributed by atoms with Gasteiger partial charge in [-0.2, -0.15) is 0 Å². The third-order valence-electron chi connectivity index (χ3n) is 1.02. The minimum atomic E-state index is -0.320. The number of oxazole rings is 1. The molecule has 0 saturated carbocycles. The van der Waals surface area contributed by atoms with Gasteiger partial charge < -0.3 is 4.42 Å². The molecule has 0 aliphatic heterocycles. The van der Waals surface area contributed by atoms with Crippen LogP contribution in [0.1, 0.15) is 5.76 Å². The summed E-state index contributed by atoms with van der Waals surface area (Å²) in [7, 11) is 1.28. The third kappa shape index (κ3) is 1.60. The maximum absolute atomic E-state index is 10.8. The van der Waals surface area contributed by atoms with Gasteiger partial charge in [-0.1, -0.05) is 10.8 Å². The molecule has 10 heavy (non-hydrogen) atoms. The highest BCUT2D eigenvalue weighted by atomic mass is 33.1. The smallest absolute Gasteiger partial charge is 0.413 e. The van der Waals surface area contributed by atoms with E-state index in [1.165, 1.54) is 15.4 Å². The van der Waals surface area contributed by atoms with E-state index in [9.17, 15) is 4.79 Å². The molecule has 1 heterocycles. The number of hydrogen-bond acceptors (Lipinski definition) is 4. The first kappa shape index (κ1) is 7.81. The van der Waals surface area contributed by atoms with Crippen molar-refractivity contribution in [3.05, 3.63) is 22.5 Å². The Morgan fingerprint density at radius 1 is 1.90 bits per heavy atom. The van der Waals surface area contributed by atoms with Crippen molar-refractivity contribution >= 4 is 22.5 Å². The van der Waals surface area contributed by atoms with Gasteiger partial charge in [0.25, 0.3) is 0 Å². The largest absolute Gasteiger partial charge is 0.419 e. The predicted molar refractivity (Wildman–Crippen MR) is 44.3 cm³/mol. The Kier molecular flexibility index (Phi) is 2.50. The molecule has 1 rings (SSSR count). The summed E-state index contributed by atoms with van der Waals surface area (Å²) in [6.07, 6.45) is 1.66. The van der Waals surface area contributed by atoms with Crippen LogP contribution in [-0.4, -0.2) is 4.57 Å². The fourth-order valence-electron chi connectivity index (χ4n) is 0.647. The molecule has 1 aromatic heterocycles. The Balaban J connectivity index is 2.92. The van der Waals surface area contributed by atoms with Crippen LogP contribution in [0.25, 0.3) is 0 Å². The molecule has 0 amide bonds. The van der Waals surface area contributed by atoms with Gasteiger partial charge in [0.2, 0.25) is 0 Å². The molecular weight excluding hydrogens is 170 g/mol. The normalized spacial score (nSPS) is 10.2. The monoisotopic (exact) mass is 177 g/mol. The topological polar surface area (TPSA) is 35.1 Å². The summed E-state index contributed by atoms with van der Waals surface area (Å²) in [4.78, 5) is 10.8. The number of nitrogens with zero attached hydrogens (tertiary/aromatic N) is 1. The number of rotatable bonds is 2. The molecule has 0 aliphatic carbocycles. The van der Waals surface area contributed by atoms with Crippen molar-refractivity contribution in [3.8, 4) is 0 Å². The van der Waals surface area contributed by atoms with Crippen molar-refractivity contribution in [2.24, 2.45) is 0 Å². The number of aromatic nitrogens is 1. The maximum atomic E-state index is 10.8. The summed E-state index contributed by atoms with van der Waals surface area (Å²) < 4.78 is 6.19. The standard InChI is InChI=1S/C5H7NO2S2/c1-4-2-6(3-10-9)5(7)8-4/h2,9H,3H2,1H3. The number of thiol groups is 1. The molecular formula is C5H7NO2S2. The van der Waals surface area contributed by atoms with E-state index in [0.29, 0.717) is 11.6 Å². The van der Waals surface area contributed by atoms with Crippen LogP contribution < -0.4 is 5.76 Å². The van der Waals surface area contributed by atoms with E-state index >= 15 is 0 Å². The number of aryl methyl sites for hydroxylation is 1. The van der Waals surface area contributed by atoms with Crippen LogP contribution >= 0.6 is 22.5 Å². The van der Waals surface area contributed by atoms with Gasteiger partial charge >= 0.3 is 5.76 Å². The third-order valence-corrected chi connectivity index (χ3v) is 1.76. The van der Waals surface area contributed by atoms with Crippen molar-refractivity contribution in [2.45, 2.75) is 12.8 Å². The van der Waals surface area contributed by atoms with Crippen molar-refractivity contribution in [3.63, 3.8) is 0 Å². The second-order valence-electron chi connectivity index (χ2n) is 1.84. The lowest BCUT2D eigenvalue weighted by atomic mass is 10.6. The van der Waals surface area contributed by atoms with Gasteiger partial charge in [-0.25, -0.2) is 4.79 Å². The molecule has 0 unspecified atom stereocenters. The maximum Gasteiger partial charge on any atom is 0.419 e. The average Bonchev–Trinajstić information content (AvgIpc) is 2.13. The lowest BCUT2D eigenvalue weighted by molar-refractivity contribution is 0.471. The van der Waals surface area contributed by atoms with E-state index < -0.39 is 0 Å². The first-order chi connectivity index (χ1) is 4.74. The molecule has 0 aromatic carbocycles. The van der Waals surface area contributed by atoms with Gasteiger partial charge in [0.15, 0.2) is 0 Å². The lowest BCUT2D eigenvalue weighted by Crippen LogP contribution is -2.10. The fourth-order valence-corrected chi connectivity index (χ4v) is 1.32. The van der Waals surface area contributed by atoms with Crippen LogP contribution in [0, 0.1) is 6.92 Å². The Morgan fingerprint density at radius 2 is 2.60 bits per heavy atom. The summed E-state index contributed by atoms with van der Waals surface area (Å²) in [6.45, 7) is 1.74. The Morgan fingerprint density at radius 3 is 3.00 bits per heavy atom. The zero-order valence-corrected chi connectivity index (χ0v) is 7.11. The molecule has 0 radical (unpaired) electrons. The predicted octanol–water partition coefficient (Wildman–Crippen LogP) is 1.29. The van der Waals surface area contributed by atoms with E-state index in [4.69, 9.17) is 4.42 Å². The molecule has 0 spiro atoms. The van der Waals surface area contributed by atoms with E-state index in [0.717, 1.165) is 0 Å². The second-order valence-corrected chi connectivity index (χ2v) is 3.13. The van der Waals surface area contributed by atoms with Gasteiger partial charge in [0, 0.05) is 6.20 Å². The van der Waals surface area contributed by atoms with Gasteiger partial charge in [-0.15, -0.1) is 11.7 Å². The van der Waals surface area contributed by atoms with E-state index in [2.05, 4.69) is 11.7 Å². The lowest BCUT2D eigenvalue weighted by Gasteiger charge is -1.90. The Bertz CT molecular complexity index is 265. The molecule has 1 aromatic rings. The zero-order valence-electron chi connectivity index (χ0n) is 5.40. The minimum absolute atomic E-state index is 0.320. The summed E-state index contributed by atoms with van der Waals surface area (Å²) >= 11 is 3.90. The van der Waals surface area contributed by atoms with Crippen LogP contribution in [0.3, 0.4) is 0 Å². The Labute approximate surface area is 67.2 Å². The molecule has 0 saturated heterocycles. The van der Waals surface area contributed by atoms with Crippen LogP contribution in [0.4, 0.5) is 0 Å². The molecule has 5 heteroatoms. The molecule has 0 atom stereocenters. The van der Waals surface area contributed by atoms with Crippen molar-refractivity contribution in [2.75, 3.05) is 0 Å². The summed E-state index contributed by atoms with van der Waals surface area (Å²) in [5.41, 5.74) is 0. The van der Waals surface area contributed by atoms with Crippen molar-refractivity contribution in [1.29, 1.82) is 0 Å². The summed E-state index contributed by atoms with van der Waals surface area (Å²) in [5, 5.41) is 0. The first-order valence-corrected chi connectivity index (χ1v) is 4.71. The van der Waals surface area contributed by atoms with E-state index in [-0.39, 0.29) is 5.76 Å². The molecule has 0 fully saturated rings. The minimum Gasteiger partial charge on any atom is -0.413 e. The van der Waals surface area contributed by atoms with Gasteiger partial charge in [0.1, 0.15) is 5.76 Å². The van der Waals surface area contributed by atoms with Crippen LogP contribution in [0.5, 0.6) is 0 Å². The number of hydrogen-bond donors (Lipinski definition) is 1. The fraction of sp³-hybridized carbons (Fsp3) is 0.400. The average molecular weight is 177 g/mol. The quantitative estimate of drug-likeness (QED) is 0.546. The second kappa shape index (κ2) is 3.21. The molecule has 0 bridgehead atoms. The summed E-state index contributed by atoms with van der Waals surface area (Å²) in [6, 6.07) is 0. The van der Waals surface area contributed by atoms with Gasteiger partial charge in [-0.3, -0.25) is 4.57 Å². The molecule has 3 nitrogen and oxygen atoms in total. The zero-order chi connectivity index (χ0) is 7.56. The highest BCUT2D eigenvalue weighted by Crippen LogP contribution is 2.07. The van der Waals surface area contributed by atoms with Gasteiger partial charge in [0.05, 0.1) is 5.88 Å². The van der Waals surface area contributed by atoms with Crippen LogP contribution in [0.2, 0.25) is 0 Å². The molecule has 0 aliphatic rings. The van der Waals surface area contributed by atoms with E-state index in [1.807, 2.05) is 0 Å².